The van der Waals surface area contributed by atoms with Crippen LogP contribution >= 0.6 is 11.8 Å². The third-order valence-electron chi connectivity index (χ3n) is 8.12. The van der Waals surface area contributed by atoms with Crippen LogP contribution in [0.3, 0.4) is 0 Å². The second-order valence-electron chi connectivity index (χ2n) is 12.4. The van der Waals surface area contributed by atoms with Crippen molar-refractivity contribution >= 4 is 22.7 Å². The van der Waals surface area contributed by atoms with E-state index in [0.717, 1.165) is 31.2 Å². The zero-order valence-electron chi connectivity index (χ0n) is 22.0. The number of fused-ring (bicyclic) bond motifs is 1. The molecule has 2 saturated carbocycles. The number of Topliss-reactive ketones (excluding diaryl/α,β-unsaturated/α-hetero) is 1. The first-order valence-electron chi connectivity index (χ1n) is 12.9. The Bertz CT molecular complexity index is 859. The summed E-state index contributed by atoms with van der Waals surface area (Å²) >= 11 is 1.44. The van der Waals surface area contributed by atoms with E-state index in [1.165, 1.54) is 11.8 Å². The molecule has 0 spiro atoms. The van der Waals surface area contributed by atoms with Gasteiger partial charge in [-0.15, -0.1) is 0 Å². The minimum atomic E-state index is -0.962. The van der Waals surface area contributed by atoms with Crippen LogP contribution in [0.25, 0.3) is 0 Å². The van der Waals surface area contributed by atoms with Crippen molar-refractivity contribution in [3.05, 3.63) is 35.9 Å². The molecular weight excluding hydrogens is 444 g/mol. The average molecular weight is 489 g/mol. The lowest BCUT2D eigenvalue weighted by molar-refractivity contribution is -0.146. The Morgan fingerprint density at radius 2 is 1.85 bits per heavy atom. The molecule has 34 heavy (non-hydrogen) atoms. The van der Waals surface area contributed by atoms with Gasteiger partial charge in [-0.2, -0.15) is 0 Å². The Kier molecular flexibility index (Phi) is 8.42. The molecule has 2 fully saturated rings. The topological polar surface area (TPSA) is 63.6 Å². The van der Waals surface area contributed by atoms with E-state index in [0.29, 0.717) is 25.9 Å². The van der Waals surface area contributed by atoms with Gasteiger partial charge in [-0.25, -0.2) is 0 Å². The average Bonchev–Trinajstić information content (AvgIpc) is 3.00. The molecule has 4 nitrogen and oxygen atoms in total. The van der Waals surface area contributed by atoms with Gasteiger partial charge < -0.3 is 9.84 Å². The van der Waals surface area contributed by atoms with Crippen molar-refractivity contribution in [3.8, 4) is 0 Å². The summed E-state index contributed by atoms with van der Waals surface area (Å²) in [6, 6.07) is 10.2. The van der Waals surface area contributed by atoms with Crippen molar-refractivity contribution in [2.45, 2.75) is 115 Å². The van der Waals surface area contributed by atoms with Gasteiger partial charge in [0.2, 0.25) is 0 Å². The zero-order valence-corrected chi connectivity index (χ0v) is 22.8. The third-order valence-corrected chi connectivity index (χ3v) is 9.24. The van der Waals surface area contributed by atoms with Crippen molar-refractivity contribution in [1.29, 1.82) is 0 Å². The molecule has 0 heterocycles. The quantitative estimate of drug-likeness (QED) is 0.418. The summed E-state index contributed by atoms with van der Waals surface area (Å²) in [5.74, 6) is 0.160. The number of hydrogen-bond acceptors (Lipinski definition) is 5. The minimum Gasteiger partial charge on any atom is -0.389 e. The summed E-state index contributed by atoms with van der Waals surface area (Å²) in [4.78, 5) is 25.7. The predicted molar refractivity (Wildman–Crippen MR) is 140 cm³/mol. The molecule has 2 aliphatic carbocycles. The van der Waals surface area contributed by atoms with Crippen molar-refractivity contribution in [1.82, 2.24) is 0 Å². The van der Waals surface area contributed by atoms with Crippen LogP contribution in [-0.4, -0.2) is 32.0 Å². The van der Waals surface area contributed by atoms with Crippen molar-refractivity contribution in [3.63, 3.8) is 0 Å². The van der Waals surface area contributed by atoms with Crippen LogP contribution in [0.2, 0.25) is 0 Å². The van der Waals surface area contributed by atoms with Crippen LogP contribution in [0, 0.1) is 17.3 Å². The smallest absolute Gasteiger partial charge is 0.192 e. The van der Waals surface area contributed by atoms with Gasteiger partial charge in [0.1, 0.15) is 5.78 Å². The van der Waals surface area contributed by atoms with Crippen molar-refractivity contribution in [2.75, 3.05) is 0 Å². The number of thioether (sulfide) groups is 1. The molecule has 190 valence electrons. The van der Waals surface area contributed by atoms with Gasteiger partial charge >= 0.3 is 0 Å². The Balaban J connectivity index is 1.69. The van der Waals surface area contributed by atoms with Gasteiger partial charge in [-0.05, 0) is 63.9 Å². The Hall–Kier alpha value is -1.17. The van der Waals surface area contributed by atoms with Crippen molar-refractivity contribution in [2.24, 2.45) is 17.3 Å². The lowest BCUT2D eigenvalue weighted by atomic mass is 9.59. The molecule has 5 heteroatoms. The van der Waals surface area contributed by atoms with Gasteiger partial charge in [0.25, 0.3) is 0 Å². The number of hydrogen-bond donors (Lipinski definition) is 1. The molecule has 0 bridgehead atoms. The first-order chi connectivity index (χ1) is 15.7. The lowest BCUT2D eigenvalue weighted by Gasteiger charge is -2.48. The summed E-state index contributed by atoms with van der Waals surface area (Å²) in [5, 5.41) is 11.7. The predicted octanol–water partition coefficient (Wildman–Crippen LogP) is 6.73. The van der Waals surface area contributed by atoms with Gasteiger partial charge in [0, 0.05) is 28.9 Å². The first kappa shape index (κ1) is 27.4. The van der Waals surface area contributed by atoms with Gasteiger partial charge in [0.15, 0.2) is 5.12 Å². The van der Waals surface area contributed by atoms with E-state index in [1.54, 1.807) is 0 Å². The molecular formula is C29H44O4S. The van der Waals surface area contributed by atoms with Crippen LogP contribution < -0.4 is 0 Å². The fraction of sp³-hybridized carbons (Fsp3) is 0.724. The fourth-order valence-electron chi connectivity index (χ4n) is 6.04. The molecule has 4 atom stereocenters. The summed E-state index contributed by atoms with van der Waals surface area (Å²) in [5.41, 5.74) is -0.456. The maximum atomic E-state index is 13.6. The number of aliphatic hydroxyl groups is 1. The van der Waals surface area contributed by atoms with Crippen LogP contribution in [0.1, 0.15) is 98.5 Å². The highest BCUT2D eigenvalue weighted by molar-refractivity contribution is 8.14. The zero-order chi connectivity index (χ0) is 25.2. The molecule has 3 rings (SSSR count). The summed E-state index contributed by atoms with van der Waals surface area (Å²) in [7, 11) is 0. The van der Waals surface area contributed by atoms with Gasteiger partial charge in [-0.3, -0.25) is 9.59 Å². The normalized spacial score (nSPS) is 28.6. The molecule has 2 aliphatic rings. The number of carbonyl (C=O) groups excluding carboxylic acids is 2. The molecule has 1 N–H and O–H groups in total. The van der Waals surface area contributed by atoms with E-state index in [9.17, 15) is 14.7 Å². The molecule has 0 unspecified atom stereocenters. The second kappa shape index (κ2) is 10.4. The Labute approximate surface area is 210 Å². The van der Waals surface area contributed by atoms with E-state index in [1.807, 2.05) is 18.2 Å². The fourth-order valence-corrected chi connectivity index (χ4v) is 7.08. The molecule has 0 amide bonds. The SMILES string of the molecule is CC(C)(CCC[C@@H](C(=O)SC(C)(C)C)[C@H]1CC[C@]2(O)CC(=O)CC[C@]12C)OCc1ccccc1. The molecule has 0 radical (unpaired) electrons. The molecule has 1 aromatic rings. The van der Waals surface area contributed by atoms with E-state index in [4.69, 9.17) is 4.74 Å². The van der Waals surface area contributed by atoms with Crippen molar-refractivity contribution < 1.29 is 19.4 Å². The Morgan fingerprint density at radius 3 is 2.50 bits per heavy atom. The van der Waals surface area contributed by atoms with Gasteiger partial charge in [0.05, 0.1) is 17.8 Å². The van der Waals surface area contributed by atoms with E-state index in [-0.39, 0.29) is 44.9 Å². The standard InChI is InChI=1S/C29H44O4S/c1-26(2,3)34-25(31)23(24-15-18-29(32)19-22(30)14-17-28(24,29)6)13-10-16-27(4,5)33-20-21-11-8-7-9-12-21/h7-9,11-12,23-24,32H,10,13-20H2,1-6H3/t23-,24-,28-,29+/m1/s1. The second-order valence-corrected chi connectivity index (χ2v) is 14.2. The van der Waals surface area contributed by atoms with E-state index < -0.39 is 5.60 Å². The first-order valence-corrected chi connectivity index (χ1v) is 13.7. The molecule has 1 aromatic carbocycles. The lowest BCUT2D eigenvalue weighted by Crippen LogP contribution is -2.51. The summed E-state index contributed by atoms with van der Waals surface area (Å²) in [6.45, 7) is 13.2. The molecule has 0 aliphatic heterocycles. The van der Waals surface area contributed by atoms with Crippen LogP contribution in [0.15, 0.2) is 30.3 Å². The monoisotopic (exact) mass is 488 g/mol. The number of rotatable bonds is 9. The number of benzene rings is 1. The number of carbonyl (C=O) groups is 2. The minimum absolute atomic E-state index is 0.110. The highest BCUT2D eigenvalue weighted by Gasteiger charge is 2.61. The van der Waals surface area contributed by atoms with E-state index in [2.05, 4.69) is 53.7 Å². The van der Waals surface area contributed by atoms with Gasteiger partial charge in [-0.1, -0.05) is 69.8 Å². The van der Waals surface area contributed by atoms with Crippen LogP contribution in [0.5, 0.6) is 0 Å². The number of ether oxygens (including phenoxy) is 1. The third kappa shape index (κ3) is 6.53. The van der Waals surface area contributed by atoms with E-state index >= 15 is 0 Å². The summed E-state index contributed by atoms with van der Waals surface area (Å²) < 4.78 is 6.08. The maximum absolute atomic E-state index is 13.6. The summed E-state index contributed by atoms with van der Waals surface area (Å²) in [6.07, 6.45) is 5.44. The highest BCUT2D eigenvalue weighted by Crippen LogP contribution is 2.60. The molecule has 0 aromatic heterocycles. The molecule has 0 saturated heterocycles. The number of ketones is 1. The maximum Gasteiger partial charge on any atom is 0.192 e. The van der Waals surface area contributed by atoms with Crippen LogP contribution in [-0.2, 0) is 20.9 Å². The Morgan fingerprint density at radius 1 is 1.18 bits per heavy atom. The van der Waals surface area contributed by atoms with Crippen LogP contribution in [0.4, 0.5) is 0 Å². The highest BCUT2D eigenvalue weighted by atomic mass is 32.2. The largest absolute Gasteiger partial charge is 0.389 e.